The maximum absolute atomic E-state index is 7.42. The van der Waals surface area contributed by atoms with E-state index in [9.17, 15) is 0 Å². The lowest BCUT2D eigenvalue weighted by Gasteiger charge is -2.11. The molecule has 22 heavy (non-hydrogen) atoms. The number of hydrogen-bond acceptors (Lipinski definition) is 5. The van der Waals surface area contributed by atoms with Crippen molar-refractivity contribution in [1.29, 1.82) is 5.41 Å². The van der Waals surface area contributed by atoms with E-state index >= 15 is 0 Å². The highest BCUT2D eigenvalue weighted by molar-refractivity contribution is 5.77. The normalized spacial score (nSPS) is 15.0. The molecule has 1 saturated carbocycles. The van der Waals surface area contributed by atoms with Crippen molar-refractivity contribution in [3.05, 3.63) is 35.8 Å². The lowest BCUT2D eigenvalue weighted by atomic mass is 10.1. The van der Waals surface area contributed by atoms with Crippen molar-refractivity contribution in [2.24, 2.45) is 5.92 Å². The van der Waals surface area contributed by atoms with Crippen LogP contribution in [0.15, 0.2) is 30.1 Å². The highest BCUT2D eigenvalue weighted by Gasteiger charge is 2.21. The SMILES string of the molecule is CN/C=C(\C=N)CNc1cc(CCC2CC2)nc2ccnn12. The Morgan fingerprint density at radius 3 is 3.09 bits per heavy atom. The molecule has 0 amide bonds. The molecule has 2 aromatic heterocycles. The maximum atomic E-state index is 7.42. The lowest BCUT2D eigenvalue weighted by molar-refractivity contribution is 0.712. The van der Waals surface area contributed by atoms with Crippen LogP contribution in [0, 0.1) is 11.3 Å². The third-order valence-electron chi connectivity index (χ3n) is 3.91. The Kier molecular flexibility index (Phi) is 4.37. The van der Waals surface area contributed by atoms with Crippen LogP contribution in [0.5, 0.6) is 0 Å². The zero-order valence-corrected chi connectivity index (χ0v) is 12.8. The van der Waals surface area contributed by atoms with Gasteiger partial charge in [0.25, 0.3) is 0 Å². The molecule has 2 aromatic rings. The molecule has 1 aliphatic carbocycles. The van der Waals surface area contributed by atoms with Crippen LogP contribution in [0.25, 0.3) is 5.65 Å². The molecule has 0 spiro atoms. The largest absolute Gasteiger partial charge is 0.394 e. The number of rotatable bonds is 8. The first-order valence-electron chi connectivity index (χ1n) is 7.74. The van der Waals surface area contributed by atoms with Crippen LogP contribution in [0.4, 0.5) is 5.82 Å². The van der Waals surface area contributed by atoms with Crippen molar-refractivity contribution < 1.29 is 0 Å². The second-order valence-electron chi connectivity index (χ2n) is 5.72. The van der Waals surface area contributed by atoms with E-state index in [-0.39, 0.29) is 0 Å². The molecule has 0 aliphatic heterocycles. The van der Waals surface area contributed by atoms with E-state index in [0.29, 0.717) is 6.54 Å². The Labute approximate surface area is 130 Å². The first-order chi connectivity index (χ1) is 10.8. The summed E-state index contributed by atoms with van der Waals surface area (Å²) in [5.74, 6) is 1.83. The Hall–Kier alpha value is -2.37. The molecule has 0 atom stereocenters. The molecular formula is C16H22N6. The Balaban J connectivity index is 1.78. The number of aromatic nitrogens is 3. The zero-order chi connectivity index (χ0) is 15.4. The first kappa shape index (κ1) is 14.6. The summed E-state index contributed by atoms with van der Waals surface area (Å²) in [7, 11) is 1.83. The second-order valence-corrected chi connectivity index (χ2v) is 5.72. The maximum Gasteiger partial charge on any atom is 0.157 e. The molecule has 1 aliphatic rings. The average Bonchev–Trinajstić information content (AvgIpc) is 3.24. The quantitative estimate of drug-likeness (QED) is 0.653. The van der Waals surface area contributed by atoms with Crippen molar-refractivity contribution >= 4 is 17.7 Å². The second kappa shape index (κ2) is 6.60. The molecule has 0 saturated heterocycles. The summed E-state index contributed by atoms with van der Waals surface area (Å²) in [6, 6.07) is 4.00. The highest BCUT2D eigenvalue weighted by Crippen LogP contribution is 2.33. The van der Waals surface area contributed by atoms with E-state index in [1.54, 1.807) is 6.20 Å². The van der Waals surface area contributed by atoms with E-state index in [1.165, 1.54) is 25.5 Å². The molecule has 116 valence electrons. The van der Waals surface area contributed by atoms with Crippen LogP contribution in [-0.4, -0.2) is 34.4 Å². The fourth-order valence-corrected chi connectivity index (χ4v) is 2.50. The fourth-order valence-electron chi connectivity index (χ4n) is 2.50. The Morgan fingerprint density at radius 2 is 2.36 bits per heavy atom. The van der Waals surface area contributed by atoms with Crippen LogP contribution in [-0.2, 0) is 6.42 Å². The molecule has 3 rings (SSSR count). The van der Waals surface area contributed by atoms with E-state index in [0.717, 1.165) is 35.1 Å². The van der Waals surface area contributed by atoms with Gasteiger partial charge in [0.15, 0.2) is 5.65 Å². The summed E-state index contributed by atoms with van der Waals surface area (Å²) >= 11 is 0. The Bertz CT molecular complexity index is 683. The minimum Gasteiger partial charge on any atom is -0.394 e. The van der Waals surface area contributed by atoms with Gasteiger partial charge in [0.1, 0.15) is 5.82 Å². The van der Waals surface area contributed by atoms with Crippen molar-refractivity contribution in [2.75, 3.05) is 18.9 Å². The summed E-state index contributed by atoms with van der Waals surface area (Å²) < 4.78 is 1.81. The van der Waals surface area contributed by atoms with Crippen LogP contribution in [0.2, 0.25) is 0 Å². The predicted octanol–water partition coefficient (Wildman–Crippen LogP) is 2.24. The van der Waals surface area contributed by atoms with Gasteiger partial charge in [0, 0.05) is 49.4 Å². The number of hydrogen-bond donors (Lipinski definition) is 3. The third kappa shape index (κ3) is 3.44. The number of nitrogens with zero attached hydrogens (tertiary/aromatic N) is 3. The average molecular weight is 298 g/mol. The molecule has 1 fully saturated rings. The third-order valence-corrected chi connectivity index (χ3v) is 3.91. The van der Waals surface area contributed by atoms with Gasteiger partial charge in [-0.15, -0.1) is 0 Å². The van der Waals surface area contributed by atoms with Gasteiger partial charge in [-0.25, -0.2) is 4.98 Å². The summed E-state index contributed by atoms with van der Waals surface area (Å²) in [6.45, 7) is 0.575. The highest BCUT2D eigenvalue weighted by atomic mass is 15.3. The van der Waals surface area contributed by atoms with Gasteiger partial charge in [-0.05, 0) is 18.8 Å². The van der Waals surface area contributed by atoms with Crippen molar-refractivity contribution in [3.8, 4) is 0 Å². The summed E-state index contributed by atoms with van der Waals surface area (Å²) in [5.41, 5.74) is 2.85. The molecule has 0 radical (unpaired) electrons. The van der Waals surface area contributed by atoms with Gasteiger partial charge >= 0.3 is 0 Å². The lowest BCUT2D eigenvalue weighted by Crippen LogP contribution is -2.12. The Morgan fingerprint density at radius 1 is 1.50 bits per heavy atom. The minimum atomic E-state index is 0.575. The monoisotopic (exact) mass is 298 g/mol. The van der Waals surface area contributed by atoms with Crippen molar-refractivity contribution in [1.82, 2.24) is 19.9 Å². The van der Waals surface area contributed by atoms with E-state index in [2.05, 4.69) is 26.8 Å². The molecule has 0 aromatic carbocycles. The molecule has 0 bridgehead atoms. The van der Waals surface area contributed by atoms with E-state index in [4.69, 9.17) is 5.41 Å². The topological polar surface area (TPSA) is 78.1 Å². The number of fused-ring (bicyclic) bond motifs is 1. The fraction of sp³-hybridized carbons (Fsp3) is 0.438. The van der Waals surface area contributed by atoms with Crippen molar-refractivity contribution in [2.45, 2.75) is 25.7 Å². The van der Waals surface area contributed by atoms with Gasteiger partial charge in [0.05, 0.1) is 6.20 Å². The molecule has 0 unspecified atom stereocenters. The molecular weight excluding hydrogens is 276 g/mol. The standard InChI is InChI=1S/C16H22N6/c1-18-10-13(9-17)11-19-16-8-14(5-4-12-2-3-12)21-15-6-7-20-22(15)16/h6-10,12,17-19H,2-5,11H2,1H3/b13-10+,17-9?. The number of anilines is 1. The summed E-state index contributed by atoms with van der Waals surface area (Å²) in [5, 5.41) is 18.0. The molecule has 6 heteroatoms. The van der Waals surface area contributed by atoms with E-state index in [1.807, 2.05) is 23.8 Å². The molecule has 2 heterocycles. The van der Waals surface area contributed by atoms with Crippen molar-refractivity contribution in [3.63, 3.8) is 0 Å². The number of aryl methyl sites for hydroxylation is 1. The van der Waals surface area contributed by atoms with Gasteiger partial charge in [-0.1, -0.05) is 12.8 Å². The number of nitrogens with one attached hydrogen (secondary N) is 3. The molecule has 3 N–H and O–H groups in total. The first-order valence-corrected chi connectivity index (χ1v) is 7.74. The van der Waals surface area contributed by atoms with E-state index < -0.39 is 0 Å². The minimum absolute atomic E-state index is 0.575. The summed E-state index contributed by atoms with van der Waals surface area (Å²) in [6.07, 6.45) is 9.91. The molecule has 6 nitrogen and oxygen atoms in total. The smallest absolute Gasteiger partial charge is 0.157 e. The van der Waals surface area contributed by atoms with Crippen LogP contribution >= 0.6 is 0 Å². The van der Waals surface area contributed by atoms with Gasteiger partial charge in [-0.2, -0.15) is 9.61 Å². The van der Waals surface area contributed by atoms with Gasteiger partial charge in [-0.3, -0.25) is 0 Å². The summed E-state index contributed by atoms with van der Waals surface area (Å²) in [4.78, 5) is 4.67. The van der Waals surface area contributed by atoms with Gasteiger partial charge in [0.2, 0.25) is 0 Å². The zero-order valence-electron chi connectivity index (χ0n) is 12.8. The van der Waals surface area contributed by atoms with Crippen LogP contribution < -0.4 is 10.6 Å². The van der Waals surface area contributed by atoms with Crippen LogP contribution in [0.1, 0.15) is 25.0 Å². The van der Waals surface area contributed by atoms with Gasteiger partial charge < -0.3 is 16.0 Å². The van der Waals surface area contributed by atoms with Crippen LogP contribution in [0.3, 0.4) is 0 Å². The predicted molar refractivity (Wildman–Crippen MR) is 88.4 cm³/mol.